The SMILES string of the molecule is Cc1nn(CC(N)c2cccc(F)c2F)c(C)c1C. The zero-order valence-corrected chi connectivity index (χ0v) is 11.2. The van der Waals surface area contributed by atoms with E-state index in [2.05, 4.69) is 5.10 Å². The second-order valence-corrected chi connectivity index (χ2v) is 4.73. The van der Waals surface area contributed by atoms with Crippen LogP contribution in [0.25, 0.3) is 0 Å². The summed E-state index contributed by atoms with van der Waals surface area (Å²) in [6.45, 7) is 6.14. The van der Waals surface area contributed by atoms with Gasteiger partial charge in [0.25, 0.3) is 0 Å². The van der Waals surface area contributed by atoms with Crippen molar-refractivity contribution in [1.82, 2.24) is 9.78 Å². The van der Waals surface area contributed by atoms with E-state index < -0.39 is 17.7 Å². The van der Waals surface area contributed by atoms with Crippen LogP contribution < -0.4 is 5.73 Å². The van der Waals surface area contributed by atoms with Gasteiger partial charge in [-0.25, -0.2) is 8.78 Å². The van der Waals surface area contributed by atoms with Crippen molar-refractivity contribution in [3.63, 3.8) is 0 Å². The Balaban J connectivity index is 2.28. The summed E-state index contributed by atoms with van der Waals surface area (Å²) in [6, 6.07) is 3.41. The molecule has 2 N–H and O–H groups in total. The quantitative estimate of drug-likeness (QED) is 0.927. The normalized spacial score (nSPS) is 12.7. The Hall–Kier alpha value is -1.75. The summed E-state index contributed by atoms with van der Waals surface area (Å²) in [6.07, 6.45) is 0. The van der Waals surface area contributed by atoms with Crippen LogP contribution in [0.1, 0.15) is 28.6 Å². The van der Waals surface area contributed by atoms with E-state index in [0.29, 0.717) is 6.54 Å². The number of nitrogens with zero attached hydrogens (tertiary/aromatic N) is 2. The monoisotopic (exact) mass is 265 g/mol. The zero-order valence-electron chi connectivity index (χ0n) is 11.2. The van der Waals surface area contributed by atoms with Crippen molar-refractivity contribution in [3.05, 3.63) is 52.3 Å². The number of rotatable bonds is 3. The summed E-state index contributed by atoms with van der Waals surface area (Å²) < 4.78 is 28.6. The number of halogens is 2. The van der Waals surface area contributed by atoms with Crippen LogP contribution >= 0.6 is 0 Å². The van der Waals surface area contributed by atoms with Gasteiger partial charge in [-0.05, 0) is 32.4 Å². The van der Waals surface area contributed by atoms with Gasteiger partial charge in [0, 0.05) is 11.3 Å². The van der Waals surface area contributed by atoms with E-state index in [1.165, 1.54) is 12.1 Å². The molecular formula is C14H17F2N3. The molecule has 0 aliphatic rings. The van der Waals surface area contributed by atoms with Gasteiger partial charge in [-0.15, -0.1) is 0 Å². The average Bonchev–Trinajstić information content (AvgIpc) is 2.60. The molecule has 1 aromatic carbocycles. The molecular weight excluding hydrogens is 248 g/mol. The second kappa shape index (κ2) is 5.09. The molecule has 3 nitrogen and oxygen atoms in total. The first kappa shape index (κ1) is 13.7. The second-order valence-electron chi connectivity index (χ2n) is 4.73. The molecule has 0 fully saturated rings. The van der Waals surface area contributed by atoms with Gasteiger partial charge in [0.2, 0.25) is 0 Å². The van der Waals surface area contributed by atoms with E-state index in [1.54, 1.807) is 4.68 Å². The van der Waals surface area contributed by atoms with Crippen molar-refractivity contribution in [2.45, 2.75) is 33.4 Å². The van der Waals surface area contributed by atoms with Crippen molar-refractivity contribution in [1.29, 1.82) is 0 Å². The van der Waals surface area contributed by atoms with E-state index in [4.69, 9.17) is 5.73 Å². The molecule has 0 aliphatic heterocycles. The van der Waals surface area contributed by atoms with Crippen molar-refractivity contribution in [3.8, 4) is 0 Å². The fraction of sp³-hybridized carbons (Fsp3) is 0.357. The fourth-order valence-electron chi connectivity index (χ4n) is 2.06. The highest BCUT2D eigenvalue weighted by Crippen LogP contribution is 2.20. The fourth-order valence-corrected chi connectivity index (χ4v) is 2.06. The Morgan fingerprint density at radius 1 is 1.26 bits per heavy atom. The molecule has 2 rings (SSSR count). The standard InChI is InChI=1S/C14H17F2N3/c1-8-9(2)18-19(10(8)3)7-13(17)11-5-4-6-12(15)14(11)16/h4-6,13H,7,17H2,1-3H3. The van der Waals surface area contributed by atoms with Crippen LogP contribution in [-0.4, -0.2) is 9.78 Å². The summed E-state index contributed by atoms with van der Waals surface area (Å²) in [4.78, 5) is 0. The van der Waals surface area contributed by atoms with Gasteiger partial charge in [0.05, 0.1) is 18.3 Å². The molecule has 102 valence electrons. The summed E-state index contributed by atoms with van der Waals surface area (Å²) in [7, 11) is 0. The maximum atomic E-state index is 13.7. The molecule has 0 aliphatic carbocycles. The van der Waals surface area contributed by atoms with E-state index >= 15 is 0 Å². The minimum atomic E-state index is -0.881. The lowest BCUT2D eigenvalue weighted by atomic mass is 10.1. The van der Waals surface area contributed by atoms with Crippen LogP contribution in [0.5, 0.6) is 0 Å². The summed E-state index contributed by atoms with van der Waals surface area (Å²) in [5.74, 6) is -1.76. The summed E-state index contributed by atoms with van der Waals surface area (Å²) in [5, 5.41) is 4.35. The van der Waals surface area contributed by atoms with E-state index in [0.717, 1.165) is 23.0 Å². The van der Waals surface area contributed by atoms with Crippen molar-refractivity contribution in [2.75, 3.05) is 0 Å². The number of hydrogen-bond acceptors (Lipinski definition) is 2. The Bertz CT molecular complexity index is 605. The number of hydrogen-bond donors (Lipinski definition) is 1. The third kappa shape index (κ3) is 2.51. The maximum absolute atomic E-state index is 13.7. The van der Waals surface area contributed by atoms with Crippen molar-refractivity contribution in [2.24, 2.45) is 5.73 Å². The molecule has 0 amide bonds. The first-order valence-corrected chi connectivity index (χ1v) is 6.12. The smallest absolute Gasteiger partial charge is 0.163 e. The molecule has 0 saturated heterocycles. The number of benzene rings is 1. The first-order valence-electron chi connectivity index (χ1n) is 6.12. The topological polar surface area (TPSA) is 43.8 Å². The molecule has 1 unspecified atom stereocenters. The number of nitrogens with two attached hydrogens (primary N) is 1. The molecule has 1 heterocycles. The highest BCUT2D eigenvalue weighted by molar-refractivity contribution is 5.24. The van der Waals surface area contributed by atoms with Gasteiger partial charge in [-0.2, -0.15) is 5.10 Å². The third-order valence-electron chi connectivity index (χ3n) is 3.49. The van der Waals surface area contributed by atoms with E-state index in [9.17, 15) is 8.78 Å². The predicted molar refractivity (Wildman–Crippen MR) is 69.7 cm³/mol. The van der Waals surface area contributed by atoms with Crippen LogP contribution in [0, 0.1) is 32.4 Å². The van der Waals surface area contributed by atoms with Gasteiger partial charge in [0.15, 0.2) is 11.6 Å². The lowest BCUT2D eigenvalue weighted by Gasteiger charge is -2.14. The Labute approximate surface area is 111 Å². The lowest BCUT2D eigenvalue weighted by molar-refractivity contribution is 0.460. The summed E-state index contributed by atoms with van der Waals surface area (Å²) >= 11 is 0. The number of aromatic nitrogens is 2. The van der Waals surface area contributed by atoms with Gasteiger partial charge in [-0.1, -0.05) is 12.1 Å². The molecule has 0 bridgehead atoms. The van der Waals surface area contributed by atoms with E-state index in [-0.39, 0.29) is 5.56 Å². The predicted octanol–water partition coefficient (Wildman–Crippen LogP) is 2.79. The van der Waals surface area contributed by atoms with Crippen LogP contribution in [0.4, 0.5) is 8.78 Å². The Morgan fingerprint density at radius 2 is 1.95 bits per heavy atom. The lowest BCUT2D eigenvalue weighted by Crippen LogP contribution is -2.20. The third-order valence-corrected chi connectivity index (χ3v) is 3.49. The first-order chi connectivity index (χ1) is 8.91. The Kier molecular flexibility index (Phi) is 3.66. The van der Waals surface area contributed by atoms with Crippen molar-refractivity contribution < 1.29 is 8.78 Å². The zero-order chi connectivity index (χ0) is 14.2. The molecule has 5 heteroatoms. The molecule has 19 heavy (non-hydrogen) atoms. The molecule has 1 aromatic heterocycles. The Morgan fingerprint density at radius 3 is 2.53 bits per heavy atom. The average molecular weight is 265 g/mol. The van der Waals surface area contributed by atoms with Crippen LogP contribution in [0.3, 0.4) is 0 Å². The molecule has 0 radical (unpaired) electrons. The molecule has 2 aromatic rings. The van der Waals surface area contributed by atoms with Gasteiger partial charge in [0.1, 0.15) is 0 Å². The molecule has 0 spiro atoms. The minimum Gasteiger partial charge on any atom is -0.322 e. The molecule has 1 atom stereocenters. The van der Waals surface area contributed by atoms with Crippen LogP contribution in [0.15, 0.2) is 18.2 Å². The van der Waals surface area contributed by atoms with Gasteiger partial charge in [-0.3, -0.25) is 4.68 Å². The van der Waals surface area contributed by atoms with Crippen LogP contribution in [0.2, 0.25) is 0 Å². The van der Waals surface area contributed by atoms with E-state index in [1.807, 2.05) is 20.8 Å². The largest absolute Gasteiger partial charge is 0.322 e. The minimum absolute atomic E-state index is 0.171. The van der Waals surface area contributed by atoms with Crippen molar-refractivity contribution >= 4 is 0 Å². The summed E-state index contributed by atoms with van der Waals surface area (Å²) in [5.41, 5.74) is 9.13. The van der Waals surface area contributed by atoms with Gasteiger partial charge >= 0.3 is 0 Å². The highest BCUT2D eigenvalue weighted by atomic mass is 19.2. The molecule has 0 saturated carbocycles. The highest BCUT2D eigenvalue weighted by Gasteiger charge is 2.17. The number of aryl methyl sites for hydroxylation is 1. The van der Waals surface area contributed by atoms with Gasteiger partial charge < -0.3 is 5.73 Å². The maximum Gasteiger partial charge on any atom is 0.163 e. The van der Waals surface area contributed by atoms with Crippen LogP contribution in [-0.2, 0) is 6.54 Å².